The van der Waals surface area contributed by atoms with Gasteiger partial charge in [-0.1, -0.05) is 115 Å². The molecule has 15 rings (SSSR count). The van der Waals surface area contributed by atoms with E-state index in [1.807, 2.05) is 151 Å². The zero-order valence-corrected chi connectivity index (χ0v) is 73.5. The summed E-state index contributed by atoms with van der Waals surface area (Å²) in [7, 11) is 6.86. The second-order valence-corrected chi connectivity index (χ2v) is 36.1. The van der Waals surface area contributed by atoms with E-state index >= 15 is 0 Å². The van der Waals surface area contributed by atoms with Gasteiger partial charge in [0.25, 0.3) is 11.8 Å². The largest absolute Gasteiger partial charge is 0.477 e. The minimum Gasteiger partial charge on any atom is -0.477 e. The van der Waals surface area contributed by atoms with Crippen molar-refractivity contribution in [3.63, 3.8) is 0 Å². The maximum atomic E-state index is 14.1. The van der Waals surface area contributed by atoms with Crippen molar-refractivity contribution in [1.82, 2.24) is 70.4 Å². The van der Waals surface area contributed by atoms with Crippen LogP contribution in [-0.4, -0.2) is 205 Å². The van der Waals surface area contributed by atoms with Crippen LogP contribution in [0.5, 0.6) is 0 Å². The molecule has 5 aliphatic heterocycles. The molecule has 6 fully saturated rings. The first-order valence-electron chi connectivity index (χ1n) is 43.1. The molecule has 9 atom stereocenters. The molecule has 642 valence electrons. The number of hydrogen-bond acceptors (Lipinski definition) is 20. The number of benzene rings is 3. The number of para-hydroxylation sites is 3. The van der Waals surface area contributed by atoms with E-state index in [2.05, 4.69) is 30.9 Å². The molecule has 121 heavy (non-hydrogen) atoms. The first-order chi connectivity index (χ1) is 58.4. The second-order valence-electron chi connectivity index (χ2n) is 33.4. The predicted octanol–water partition coefficient (Wildman–Crippen LogP) is 15.2. The lowest BCUT2D eigenvalue weighted by Gasteiger charge is -2.35. The molecule has 0 unspecified atom stereocenters. The number of hydrogen-bond donors (Lipinski definition) is 4. The number of nitrogens with one attached hydrogen (secondary N) is 3. The van der Waals surface area contributed by atoms with Gasteiger partial charge in [-0.05, 0) is 150 Å². The number of thiazole rings is 3. The SMILES string of the molecule is CC[C@@H](C)C(=O)N[C@H](C(=O)N1CCC[C@H]1c1nc(-c2cc(C(=O)N(C)C)nc3ccccc23)cs1)C1CCCCC1.CC[C@@H](C)C(=O)N[C@H](C(=O)N1CCC[C@H]1c1nc(-c2cc(C(=O)N(C)C)nc3ccccc23)cs1)C1CCOCC1.CC[C@@H](C)C(=O)N[C@H](C(=O)N1CCC[C@H]1c1nc(-c2cc(C(=O)O)nc3ccccc23)cs1)C1CCOCC1. The summed E-state index contributed by atoms with van der Waals surface area (Å²) >= 11 is 4.56. The van der Waals surface area contributed by atoms with Gasteiger partial charge in [0.05, 0.1) is 51.8 Å². The molecule has 1 aliphatic carbocycles. The number of ether oxygens (including phenoxy) is 2. The van der Waals surface area contributed by atoms with Gasteiger partial charge >= 0.3 is 5.97 Å². The van der Waals surface area contributed by atoms with Crippen molar-refractivity contribution < 1.29 is 57.7 Å². The Labute approximate surface area is 719 Å². The third kappa shape index (κ3) is 20.5. The van der Waals surface area contributed by atoms with Crippen molar-refractivity contribution in [1.29, 1.82) is 0 Å². The number of nitrogens with zero attached hydrogens (tertiary/aromatic N) is 11. The standard InChI is InChI=1S/C32H41N5O3S.C31H39N5O4S.C29H34N4O5S/c1-5-20(2)29(38)35-28(21-12-7-6-8-13-21)32(40)37-17-11-16-27(37)30-34-26(19-41-30)23-18-25(31(39)36(3)4)33-24-15-10-9-14-22(23)24;1-5-19(2)28(37)34-27(20-12-15-40-16-13-20)31(39)36-14-8-11-26(36)29-33-25(18-41-29)22-17-24(30(38)35(3)4)32-23-10-7-6-9-21(22)23;1-3-17(2)26(34)32-25(18-10-13-38-14-11-18)28(35)33-12-6-9-24(33)27-31-23(16-39-27)20-15-22(29(36)37)30-21-8-5-4-7-19(20)21/h9-10,14-15,18-21,27-28H,5-8,11-13,16-17H2,1-4H3,(H,35,38);6-7,9-10,17-20,26-27H,5,8,11-16H2,1-4H3,(H,34,37);4-5,7-8,15-18,24-25H,3,6,9-14H2,1-2H3,(H,32,34)(H,36,37)/t20-,27+,28+;19-,26+,27+;17-,24+,25+/m111/s1. The first-order valence-corrected chi connectivity index (χ1v) is 45.8. The molecule has 0 bridgehead atoms. The van der Waals surface area contributed by atoms with Crippen molar-refractivity contribution in [2.75, 3.05) is 74.3 Å². The third-order valence-electron chi connectivity index (χ3n) is 24.9. The summed E-state index contributed by atoms with van der Waals surface area (Å²) in [5, 5.41) is 30.2. The quantitative estimate of drug-likeness (QED) is 0.0437. The summed E-state index contributed by atoms with van der Waals surface area (Å²) in [5.74, 6) is -1.85. The molecule has 11 heterocycles. The van der Waals surface area contributed by atoms with Gasteiger partial charge in [-0.2, -0.15) is 0 Å². The van der Waals surface area contributed by atoms with Gasteiger partial charge < -0.3 is 55.0 Å². The summed E-state index contributed by atoms with van der Waals surface area (Å²) in [6, 6.07) is 26.1. The van der Waals surface area contributed by atoms with Crippen LogP contribution in [0.15, 0.2) is 107 Å². The summed E-state index contributed by atoms with van der Waals surface area (Å²) in [4.78, 5) is 156. The van der Waals surface area contributed by atoms with Gasteiger partial charge in [0.2, 0.25) is 35.4 Å². The number of aromatic carboxylic acids is 1. The number of fused-ring (bicyclic) bond motifs is 3. The number of carbonyl (C=O) groups excluding carboxylic acids is 8. The van der Waals surface area contributed by atoms with Crippen molar-refractivity contribution in [2.45, 2.75) is 193 Å². The molecule has 1 saturated carbocycles. The van der Waals surface area contributed by atoms with Crippen molar-refractivity contribution in [3.8, 4) is 33.8 Å². The van der Waals surface area contributed by atoms with Crippen molar-refractivity contribution in [2.24, 2.45) is 35.5 Å². The summed E-state index contributed by atoms with van der Waals surface area (Å²) in [6.45, 7) is 16.0. The number of aromatic nitrogens is 6. The average Bonchev–Trinajstić information content (AvgIpc) is 1.68. The van der Waals surface area contributed by atoms with Crippen LogP contribution in [0.25, 0.3) is 66.5 Å². The normalized spacial score (nSPS) is 19.4. The molecule has 0 radical (unpaired) electrons. The Morgan fingerprint density at radius 3 is 1.02 bits per heavy atom. The fourth-order valence-corrected chi connectivity index (χ4v) is 20.1. The fourth-order valence-electron chi connectivity index (χ4n) is 17.2. The molecule has 9 aromatic rings. The highest BCUT2D eigenvalue weighted by atomic mass is 32.1. The first kappa shape index (κ1) is 88.7. The molecular formula is C92H114N14O12S3. The minimum absolute atomic E-state index is 0.0268. The molecule has 8 amide bonds. The Morgan fingerprint density at radius 1 is 0.413 bits per heavy atom. The lowest BCUT2D eigenvalue weighted by atomic mass is 9.83. The maximum absolute atomic E-state index is 14.1. The van der Waals surface area contributed by atoms with Gasteiger partial charge in [0, 0.05) is 141 Å². The van der Waals surface area contributed by atoms with Crippen LogP contribution in [-0.2, 0) is 38.2 Å². The molecule has 26 nitrogen and oxygen atoms in total. The monoisotopic (exact) mass is 1700 g/mol. The van der Waals surface area contributed by atoms with Crippen molar-refractivity contribution in [3.05, 3.63) is 139 Å². The number of likely N-dealkylation sites (tertiary alicyclic amines) is 3. The van der Waals surface area contributed by atoms with Crippen LogP contribution in [0.3, 0.4) is 0 Å². The zero-order valence-electron chi connectivity index (χ0n) is 71.1. The third-order valence-corrected chi connectivity index (χ3v) is 27.8. The summed E-state index contributed by atoms with van der Waals surface area (Å²) in [5.41, 5.74) is 7.41. The van der Waals surface area contributed by atoms with Crippen LogP contribution < -0.4 is 16.0 Å². The molecule has 6 aromatic heterocycles. The van der Waals surface area contributed by atoms with Gasteiger partial charge in [0.1, 0.15) is 50.2 Å². The number of amides is 8. The lowest BCUT2D eigenvalue weighted by molar-refractivity contribution is -0.141. The molecule has 29 heteroatoms. The molecule has 0 spiro atoms. The van der Waals surface area contributed by atoms with Crippen LogP contribution in [0.4, 0.5) is 0 Å². The number of carbonyl (C=O) groups is 9. The van der Waals surface area contributed by atoms with Gasteiger partial charge in [-0.3, -0.25) is 38.4 Å². The molecule has 6 aliphatic rings. The Morgan fingerprint density at radius 2 is 0.711 bits per heavy atom. The van der Waals surface area contributed by atoms with E-state index in [1.54, 1.807) is 51.7 Å². The Bertz CT molecular complexity index is 4990. The summed E-state index contributed by atoms with van der Waals surface area (Å²) in [6.07, 6.45) is 15.6. The highest BCUT2D eigenvalue weighted by Gasteiger charge is 2.44. The molecular weight excluding hydrogens is 1590 g/mol. The number of carboxylic acids is 1. The average molecular weight is 1700 g/mol. The number of carboxylic acid groups (broad SMARTS) is 1. The maximum Gasteiger partial charge on any atom is 0.354 e. The van der Waals surface area contributed by atoms with E-state index in [-0.39, 0.29) is 107 Å². The highest BCUT2D eigenvalue weighted by Crippen LogP contribution is 2.44. The summed E-state index contributed by atoms with van der Waals surface area (Å²) < 4.78 is 11.1. The van der Waals surface area contributed by atoms with Gasteiger partial charge in [0.15, 0.2) is 0 Å². The minimum atomic E-state index is -1.09. The number of rotatable bonds is 24. The lowest BCUT2D eigenvalue weighted by Crippen LogP contribution is -2.54. The second kappa shape index (κ2) is 40.7. The van der Waals surface area contributed by atoms with Crippen LogP contribution in [0.2, 0.25) is 0 Å². The Kier molecular flexibility index (Phi) is 29.9. The van der Waals surface area contributed by atoms with E-state index in [0.717, 1.165) is 167 Å². The van der Waals surface area contributed by atoms with Crippen LogP contribution in [0, 0.1) is 35.5 Å². The van der Waals surface area contributed by atoms with E-state index in [0.29, 0.717) is 80.6 Å². The highest BCUT2D eigenvalue weighted by molar-refractivity contribution is 7.10. The van der Waals surface area contributed by atoms with E-state index in [9.17, 15) is 48.3 Å². The predicted molar refractivity (Wildman–Crippen MR) is 470 cm³/mol. The van der Waals surface area contributed by atoms with Gasteiger partial charge in [-0.25, -0.2) is 34.7 Å². The van der Waals surface area contributed by atoms with Gasteiger partial charge in [-0.15, -0.1) is 34.0 Å². The van der Waals surface area contributed by atoms with Crippen LogP contribution >= 0.6 is 34.0 Å². The fraction of sp³-hybridized carbons (Fsp3) is 0.511. The zero-order chi connectivity index (χ0) is 85.7. The molecule has 3 aromatic carbocycles. The van der Waals surface area contributed by atoms with E-state index in [4.69, 9.17) is 24.4 Å². The van der Waals surface area contributed by atoms with Crippen LogP contribution in [0.1, 0.15) is 222 Å². The molecule has 5 saturated heterocycles. The Hall–Kier alpha value is -10.1. The smallest absolute Gasteiger partial charge is 0.354 e. The van der Waals surface area contributed by atoms with E-state index < -0.39 is 24.1 Å². The Balaban J connectivity index is 0.000000157. The topological polar surface area (TPSA) is 322 Å². The number of pyridine rings is 3. The van der Waals surface area contributed by atoms with Crippen molar-refractivity contribution >= 4 is 120 Å². The molecule has 4 N–H and O–H groups in total. The van der Waals surface area contributed by atoms with E-state index in [1.165, 1.54) is 38.9 Å².